The monoisotopic (exact) mass is 272 g/mol. The summed E-state index contributed by atoms with van der Waals surface area (Å²) in [6, 6.07) is 14.9. The Labute approximate surface area is 119 Å². The predicted octanol–water partition coefficient (Wildman–Crippen LogP) is 4.76. The molecule has 0 saturated carbocycles. The summed E-state index contributed by atoms with van der Waals surface area (Å²) in [7, 11) is 0. The van der Waals surface area contributed by atoms with E-state index < -0.39 is 0 Å². The van der Waals surface area contributed by atoms with Crippen LogP contribution in [0.1, 0.15) is 36.5 Å². The van der Waals surface area contributed by atoms with Crippen molar-refractivity contribution in [2.75, 3.05) is 0 Å². The first-order chi connectivity index (χ1) is 9.10. The van der Waals surface area contributed by atoms with Gasteiger partial charge in [0.25, 0.3) is 0 Å². The molecule has 0 radical (unpaired) electrons. The highest BCUT2D eigenvalue weighted by Crippen LogP contribution is 2.32. The van der Waals surface area contributed by atoms with Crippen LogP contribution in [0.2, 0.25) is 0 Å². The van der Waals surface area contributed by atoms with Gasteiger partial charge < -0.3 is 5.11 Å². The lowest BCUT2D eigenvalue weighted by Crippen LogP contribution is -1.89. The van der Waals surface area contributed by atoms with Gasteiger partial charge in [-0.2, -0.15) is 0 Å². The molecule has 0 aromatic heterocycles. The highest BCUT2D eigenvalue weighted by Gasteiger charge is 2.05. The fraction of sp³-hybridized carbons (Fsp3) is 0.294. The summed E-state index contributed by atoms with van der Waals surface area (Å²) in [6.45, 7) is 6.54. The van der Waals surface area contributed by atoms with E-state index in [9.17, 15) is 5.11 Å². The fourth-order valence-corrected chi connectivity index (χ4v) is 2.90. The number of aliphatic hydroxyl groups is 1. The molecule has 0 heterocycles. The second-order valence-corrected chi connectivity index (χ2v) is 6.21. The van der Waals surface area contributed by atoms with E-state index in [-0.39, 0.29) is 6.61 Å². The summed E-state index contributed by atoms with van der Waals surface area (Å²) in [4.78, 5) is 2.34. The van der Waals surface area contributed by atoms with Gasteiger partial charge >= 0.3 is 0 Å². The molecule has 100 valence electrons. The van der Waals surface area contributed by atoms with Gasteiger partial charge in [0.15, 0.2) is 0 Å². The van der Waals surface area contributed by atoms with Crippen molar-refractivity contribution in [3.05, 3.63) is 59.2 Å². The molecule has 0 bridgehead atoms. The van der Waals surface area contributed by atoms with E-state index in [1.165, 1.54) is 16.0 Å². The van der Waals surface area contributed by atoms with Crippen LogP contribution in [-0.2, 0) is 6.61 Å². The van der Waals surface area contributed by atoms with Crippen molar-refractivity contribution >= 4 is 11.8 Å². The average Bonchev–Trinajstić information content (AvgIpc) is 2.41. The third-order valence-electron chi connectivity index (χ3n) is 3.16. The van der Waals surface area contributed by atoms with Crippen molar-refractivity contribution in [3.8, 4) is 0 Å². The van der Waals surface area contributed by atoms with Crippen molar-refractivity contribution < 1.29 is 5.11 Å². The van der Waals surface area contributed by atoms with Gasteiger partial charge in [-0.15, -0.1) is 0 Å². The van der Waals surface area contributed by atoms with E-state index in [2.05, 4.69) is 50.2 Å². The minimum absolute atomic E-state index is 0.0914. The predicted molar refractivity (Wildman–Crippen MR) is 81.8 cm³/mol. The quantitative estimate of drug-likeness (QED) is 0.865. The van der Waals surface area contributed by atoms with Gasteiger partial charge in [-0.25, -0.2) is 0 Å². The fourth-order valence-electron chi connectivity index (χ4n) is 1.98. The molecule has 2 aromatic rings. The zero-order chi connectivity index (χ0) is 13.8. The Morgan fingerprint density at radius 3 is 2.32 bits per heavy atom. The lowest BCUT2D eigenvalue weighted by Gasteiger charge is -2.10. The Morgan fingerprint density at radius 2 is 1.74 bits per heavy atom. The maximum absolute atomic E-state index is 9.42. The van der Waals surface area contributed by atoms with E-state index in [0.717, 1.165) is 10.5 Å². The van der Waals surface area contributed by atoms with Crippen LogP contribution in [0.4, 0.5) is 0 Å². The Balaban J connectivity index is 2.21. The summed E-state index contributed by atoms with van der Waals surface area (Å²) in [5.74, 6) is 0.562. The first-order valence-electron chi connectivity index (χ1n) is 6.58. The molecule has 0 atom stereocenters. The third kappa shape index (κ3) is 3.62. The molecule has 0 aliphatic rings. The molecule has 19 heavy (non-hydrogen) atoms. The van der Waals surface area contributed by atoms with Gasteiger partial charge in [0, 0.05) is 9.79 Å². The van der Waals surface area contributed by atoms with Crippen LogP contribution >= 0.6 is 11.8 Å². The van der Waals surface area contributed by atoms with Gasteiger partial charge in [-0.1, -0.05) is 55.4 Å². The van der Waals surface area contributed by atoms with Gasteiger partial charge in [-0.05, 0) is 42.2 Å². The molecular formula is C17H20OS. The SMILES string of the molecule is Cc1ccc(Sc2ccc(C(C)C)cc2)c(CO)c1. The molecule has 1 nitrogen and oxygen atoms in total. The lowest BCUT2D eigenvalue weighted by molar-refractivity contribution is 0.279. The van der Waals surface area contributed by atoms with E-state index in [1.54, 1.807) is 11.8 Å². The van der Waals surface area contributed by atoms with E-state index in [1.807, 2.05) is 13.0 Å². The highest BCUT2D eigenvalue weighted by molar-refractivity contribution is 7.99. The van der Waals surface area contributed by atoms with Crippen molar-refractivity contribution in [1.29, 1.82) is 0 Å². The zero-order valence-corrected chi connectivity index (χ0v) is 12.5. The van der Waals surface area contributed by atoms with E-state index in [0.29, 0.717) is 5.92 Å². The van der Waals surface area contributed by atoms with Gasteiger partial charge in [-0.3, -0.25) is 0 Å². The Hall–Kier alpha value is -1.25. The van der Waals surface area contributed by atoms with Gasteiger partial charge in [0.2, 0.25) is 0 Å². The molecule has 0 amide bonds. The van der Waals surface area contributed by atoms with Crippen molar-refractivity contribution in [2.24, 2.45) is 0 Å². The van der Waals surface area contributed by atoms with Crippen LogP contribution in [0.3, 0.4) is 0 Å². The summed E-state index contributed by atoms with van der Waals surface area (Å²) in [6.07, 6.45) is 0. The third-order valence-corrected chi connectivity index (χ3v) is 4.29. The van der Waals surface area contributed by atoms with Gasteiger partial charge in [0.1, 0.15) is 0 Å². The number of hydrogen-bond donors (Lipinski definition) is 1. The number of aryl methyl sites for hydroxylation is 1. The van der Waals surface area contributed by atoms with Crippen LogP contribution in [-0.4, -0.2) is 5.11 Å². The van der Waals surface area contributed by atoms with Crippen molar-refractivity contribution in [2.45, 2.75) is 43.1 Å². The number of hydrogen-bond acceptors (Lipinski definition) is 2. The summed E-state index contributed by atoms with van der Waals surface area (Å²) < 4.78 is 0. The first-order valence-corrected chi connectivity index (χ1v) is 7.40. The number of benzene rings is 2. The molecule has 0 fully saturated rings. The minimum Gasteiger partial charge on any atom is -0.392 e. The van der Waals surface area contributed by atoms with Crippen LogP contribution < -0.4 is 0 Å². The molecule has 0 aliphatic carbocycles. The molecule has 2 heteroatoms. The minimum atomic E-state index is 0.0914. The molecule has 2 rings (SSSR count). The van der Waals surface area contributed by atoms with E-state index in [4.69, 9.17) is 0 Å². The Kier molecular flexibility index (Phi) is 4.67. The molecule has 0 aliphatic heterocycles. The second-order valence-electron chi connectivity index (χ2n) is 5.10. The molecule has 1 N–H and O–H groups in total. The maximum atomic E-state index is 9.42. The van der Waals surface area contributed by atoms with Gasteiger partial charge in [0.05, 0.1) is 6.61 Å². The van der Waals surface area contributed by atoms with Crippen LogP contribution in [0.15, 0.2) is 52.3 Å². The topological polar surface area (TPSA) is 20.2 Å². The first kappa shape index (κ1) is 14.2. The van der Waals surface area contributed by atoms with Crippen molar-refractivity contribution in [3.63, 3.8) is 0 Å². The molecule has 0 unspecified atom stereocenters. The number of aliphatic hydroxyl groups excluding tert-OH is 1. The second kappa shape index (κ2) is 6.27. The average molecular weight is 272 g/mol. The van der Waals surface area contributed by atoms with Crippen LogP contribution in [0.5, 0.6) is 0 Å². The smallest absolute Gasteiger partial charge is 0.0692 e. The zero-order valence-electron chi connectivity index (χ0n) is 11.7. The number of rotatable bonds is 4. The molecule has 0 spiro atoms. The summed E-state index contributed by atoms with van der Waals surface area (Å²) in [5, 5.41) is 9.42. The lowest BCUT2D eigenvalue weighted by atomic mass is 10.0. The highest BCUT2D eigenvalue weighted by atomic mass is 32.2. The Bertz CT molecular complexity index is 544. The molecular weight excluding hydrogens is 252 g/mol. The molecule has 2 aromatic carbocycles. The summed E-state index contributed by atoms with van der Waals surface area (Å²) in [5.41, 5.74) is 3.54. The largest absolute Gasteiger partial charge is 0.392 e. The Morgan fingerprint density at radius 1 is 1.05 bits per heavy atom. The summed E-state index contributed by atoms with van der Waals surface area (Å²) >= 11 is 1.71. The van der Waals surface area contributed by atoms with Crippen LogP contribution in [0, 0.1) is 6.92 Å². The normalized spacial score (nSPS) is 11.0. The van der Waals surface area contributed by atoms with Crippen LogP contribution in [0.25, 0.3) is 0 Å². The van der Waals surface area contributed by atoms with E-state index >= 15 is 0 Å². The van der Waals surface area contributed by atoms with Crippen molar-refractivity contribution in [1.82, 2.24) is 0 Å². The maximum Gasteiger partial charge on any atom is 0.0692 e. The molecule has 0 saturated heterocycles. The standard InChI is InChI=1S/C17H20OS/c1-12(2)14-5-7-16(8-6-14)19-17-9-4-13(3)10-15(17)11-18/h4-10,12,18H,11H2,1-3H3.